The van der Waals surface area contributed by atoms with Crippen molar-refractivity contribution < 1.29 is 10.2 Å². The number of rotatable bonds is 12. The lowest BCUT2D eigenvalue weighted by Gasteiger charge is -2.11. The lowest BCUT2D eigenvalue weighted by Crippen LogP contribution is -2.04. The fraction of sp³-hybridized carbons (Fsp3) is 0.548. The van der Waals surface area contributed by atoms with Gasteiger partial charge in [0.25, 0.3) is 0 Å². The van der Waals surface area contributed by atoms with Crippen LogP contribution in [0.2, 0.25) is 0 Å². The number of phenols is 2. The average Bonchev–Trinajstić information content (AvgIpc) is 3.29. The summed E-state index contributed by atoms with van der Waals surface area (Å²) in [5.41, 5.74) is 6.29. The lowest BCUT2D eigenvalue weighted by atomic mass is 9.99. The van der Waals surface area contributed by atoms with Crippen LogP contribution in [0.3, 0.4) is 0 Å². The molecule has 1 aliphatic carbocycles. The van der Waals surface area contributed by atoms with Gasteiger partial charge < -0.3 is 10.2 Å². The predicted molar refractivity (Wildman–Crippen MR) is 149 cm³/mol. The molecule has 1 aliphatic rings. The van der Waals surface area contributed by atoms with Gasteiger partial charge in [-0.05, 0) is 79.3 Å². The highest BCUT2D eigenvalue weighted by atomic mass is 16.3. The molecule has 2 aromatic rings. The third kappa shape index (κ3) is 7.43. The van der Waals surface area contributed by atoms with E-state index in [-0.39, 0.29) is 12.1 Å². The molecule has 0 heterocycles. The van der Waals surface area contributed by atoms with Gasteiger partial charge in [-0.15, -0.1) is 0 Å². The molecule has 190 valence electrons. The van der Waals surface area contributed by atoms with E-state index in [1.165, 1.54) is 11.1 Å². The lowest BCUT2D eigenvalue weighted by molar-refractivity contribution is 0.466. The SMILES string of the molecule is CCCc1cc(C=NC2CCC(N=Cc3cc(CCC)cc(CCC)c3O)C2)c(O)c(CCC)c1. The number of hydrogen-bond acceptors (Lipinski definition) is 4. The second kappa shape index (κ2) is 13.5. The highest BCUT2D eigenvalue weighted by Gasteiger charge is 2.23. The summed E-state index contributed by atoms with van der Waals surface area (Å²) in [5, 5.41) is 21.5. The molecule has 1 fully saturated rings. The Hall–Kier alpha value is -2.62. The maximum Gasteiger partial charge on any atom is 0.127 e. The summed E-state index contributed by atoms with van der Waals surface area (Å²) in [4.78, 5) is 9.70. The largest absolute Gasteiger partial charge is 0.507 e. The first kappa shape index (κ1) is 27.0. The Bertz CT molecular complexity index is 944. The highest BCUT2D eigenvalue weighted by Crippen LogP contribution is 2.29. The Balaban J connectivity index is 1.70. The Labute approximate surface area is 212 Å². The number of hydrogen-bond donors (Lipinski definition) is 2. The van der Waals surface area contributed by atoms with Gasteiger partial charge >= 0.3 is 0 Å². The van der Waals surface area contributed by atoms with Gasteiger partial charge in [0.05, 0.1) is 12.1 Å². The van der Waals surface area contributed by atoms with E-state index in [1.807, 2.05) is 12.4 Å². The first-order valence-electron chi connectivity index (χ1n) is 13.7. The number of nitrogens with zero attached hydrogens (tertiary/aromatic N) is 2. The average molecular weight is 477 g/mol. The summed E-state index contributed by atoms with van der Waals surface area (Å²) in [6.07, 6.45) is 14.7. The van der Waals surface area contributed by atoms with Gasteiger partial charge in [-0.25, -0.2) is 0 Å². The maximum absolute atomic E-state index is 10.8. The monoisotopic (exact) mass is 476 g/mol. The van der Waals surface area contributed by atoms with E-state index >= 15 is 0 Å². The molecule has 35 heavy (non-hydrogen) atoms. The summed E-state index contributed by atoms with van der Waals surface area (Å²) in [7, 11) is 0. The zero-order chi connectivity index (χ0) is 25.2. The standard InChI is InChI=1S/C31H44N2O2/c1-5-9-22-15-24(11-7-3)30(34)26(17-22)20-32-28-13-14-29(19-28)33-21-27-18-23(10-6-2)16-25(12-8-4)31(27)35/h15-18,20-21,28-29,34-35H,5-14,19H2,1-4H3. The smallest absolute Gasteiger partial charge is 0.127 e. The fourth-order valence-corrected chi connectivity index (χ4v) is 5.13. The first-order valence-corrected chi connectivity index (χ1v) is 13.7. The van der Waals surface area contributed by atoms with Crippen molar-refractivity contribution in [2.24, 2.45) is 9.98 Å². The van der Waals surface area contributed by atoms with Gasteiger partial charge in [-0.3, -0.25) is 9.98 Å². The van der Waals surface area contributed by atoms with Gasteiger partial charge in [-0.2, -0.15) is 0 Å². The molecule has 0 aromatic heterocycles. The van der Waals surface area contributed by atoms with E-state index in [1.54, 1.807) is 0 Å². The topological polar surface area (TPSA) is 65.2 Å². The van der Waals surface area contributed by atoms with Crippen molar-refractivity contribution in [3.8, 4) is 11.5 Å². The van der Waals surface area contributed by atoms with E-state index in [0.717, 1.165) is 92.9 Å². The molecule has 0 amide bonds. The summed E-state index contributed by atoms with van der Waals surface area (Å²) in [5.74, 6) is 0.765. The molecule has 0 saturated heterocycles. The van der Waals surface area contributed by atoms with Crippen molar-refractivity contribution in [3.63, 3.8) is 0 Å². The van der Waals surface area contributed by atoms with Crippen molar-refractivity contribution in [1.29, 1.82) is 0 Å². The summed E-state index contributed by atoms with van der Waals surface area (Å²) >= 11 is 0. The van der Waals surface area contributed by atoms with Crippen molar-refractivity contribution in [1.82, 2.24) is 0 Å². The highest BCUT2D eigenvalue weighted by molar-refractivity contribution is 5.85. The number of aromatic hydroxyl groups is 2. The van der Waals surface area contributed by atoms with E-state index < -0.39 is 0 Å². The minimum atomic E-state index is 0.219. The van der Waals surface area contributed by atoms with Crippen LogP contribution >= 0.6 is 0 Å². The second-order valence-electron chi connectivity index (χ2n) is 10.1. The Morgan fingerprint density at radius 1 is 0.657 bits per heavy atom. The van der Waals surface area contributed by atoms with Crippen LogP contribution in [-0.2, 0) is 25.7 Å². The Morgan fingerprint density at radius 3 is 1.43 bits per heavy atom. The quantitative estimate of drug-likeness (QED) is 0.314. The first-order chi connectivity index (χ1) is 17.0. The molecule has 2 atom stereocenters. The minimum Gasteiger partial charge on any atom is -0.507 e. The van der Waals surface area contributed by atoms with Crippen molar-refractivity contribution >= 4 is 12.4 Å². The van der Waals surface area contributed by atoms with E-state index in [4.69, 9.17) is 9.98 Å². The van der Waals surface area contributed by atoms with Crippen LogP contribution in [0, 0.1) is 0 Å². The number of aryl methyl sites for hydroxylation is 4. The molecule has 0 spiro atoms. The number of aliphatic imine (C=N–C) groups is 2. The zero-order valence-corrected chi connectivity index (χ0v) is 22.2. The van der Waals surface area contributed by atoms with Gasteiger partial charge in [-0.1, -0.05) is 65.5 Å². The third-order valence-corrected chi connectivity index (χ3v) is 6.90. The van der Waals surface area contributed by atoms with Crippen LogP contribution in [0.1, 0.15) is 106 Å². The Morgan fingerprint density at radius 2 is 1.06 bits per heavy atom. The molecule has 3 rings (SSSR count). The molecular formula is C31H44N2O2. The number of phenolic OH excluding ortho intramolecular Hbond substituents is 2. The van der Waals surface area contributed by atoms with Crippen LogP contribution < -0.4 is 0 Å². The van der Waals surface area contributed by atoms with Gasteiger partial charge in [0, 0.05) is 23.6 Å². The van der Waals surface area contributed by atoms with E-state index in [0.29, 0.717) is 11.5 Å². The molecular weight excluding hydrogens is 432 g/mol. The van der Waals surface area contributed by atoms with Crippen LogP contribution in [0.25, 0.3) is 0 Å². The minimum absolute atomic E-state index is 0.219. The summed E-state index contributed by atoms with van der Waals surface area (Å²) < 4.78 is 0. The van der Waals surface area contributed by atoms with Crippen molar-refractivity contribution in [3.05, 3.63) is 57.6 Å². The van der Waals surface area contributed by atoms with Crippen LogP contribution in [-0.4, -0.2) is 34.7 Å². The molecule has 0 radical (unpaired) electrons. The normalized spacial score (nSPS) is 18.3. The van der Waals surface area contributed by atoms with E-state index in [2.05, 4.69) is 52.0 Å². The molecule has 2 N–H and O–H groups in total. The fourth-order valence-electron chi connectivity index (χ4n) is 5.13. The van der Waals surface area contributed by atoms with Crippen molar-refractivity contribution in [2.75, 3.05) is 0 Å². The van der Waals surface area contributed by atoms with Crippen LogP contribution in [0.4, 0.5) is 0 Å². The second-order valence-corrected chi connectivity index (χ2v) is 10.1. The summed E-state index contributed by atoms with van der Waals surface area (Å²) in [6, 6.07) is 8.92. The zero-order valence-electron chi connectivity index (χ0n) is 22.2. The maximum atomic E-state index is 10.8. The summed E-state index contributed by atoms with van der Waals surface area (Å²) in [6.45, 7) is 8.65. The van der Waals surface area contributed by atoms with Gasteiger partial charge in [0.2, 0.25) is 0 Å². The molecule has 0 bridgehead atoms. The van der Waals surface area contributed by atoms with E-state index in [9.17, 15) is 10.2 Å². The Kier molecular flexibility index (Phi) is 10.4. The molecule has 1 saturated carbocycles. The predicted octanol–water partition coefficient (Wildman–Crippen LogP) is 7.37. The molecule has 0 aliphatic heterocycles. The van der Waals surface area contributed by atoms with Crippen LogP contribution in [0.5, 0.6) is 11.5 Å². The van der Waals surface area contributed by atoms with Gasteiger partial charge in [0.15, 0.2) is 0 Å². The molecule has 2 aromatic carbocycles. The molecule has 2 unspecified atom stereocenters. The number of benzene rings is 2. The third-order valence-electron chi connectivity index (χ3n) is 6.90. The molecule has 4 nitrogen and oxygen atoms in total. The van der Waals surface area contributed by atoms with Crippen molar-refractivity contribution in [2.45, 2.75) is 110 Å². The van der Waals surface area contributed by atoms with Crippen LogP contribution in [0.15, 0.2) is 34.3 Å². The van der Waals surface area contributed by atoms with Gasteiger partial charge in [0.1, 0.15) is 11.5 Å². The molecule has 4 heteroatoms.